The number of hydrogen-bond donors (Lipinski definition) is 3. The van der Waals surface area contributed by atoms with Gasteiger partial charge in [0.2, 0.25) is 0 Å². The zero-order valence-electron chi connectivity index (χ0n) is 20.3. The molecule has 176 valence electrons. The van der Waals surface area contributed by atoms with Crippen molar-refractivity contribution in [3.63, 3.8) is 0 Å². The minimum absolute atomic E-state index is 0.122. The Morgan fingerprint density at radius 1 is 1.00 bits per heavy atom. The van der Waals surface area contributed by atoms with Crippen molar-refractivity contribution in [1.29, 1.82) is 0 Å². The van der Waals surface area contributed by atoms with Crippen LogP contribution in [-0.2, 0) is 11.3 Å². The van der Waals surface area contributed by atoms with E-state index >= 15 is 0 Å². The Morgan fingerprint density at radius 3 is 2.50 bits per heavy atom. The van der Waals surface area contributed by atoms with E-state index in [9.17, 15) is 9.59 Å². The molecule has 4 aromatic rings. The minimum atomic E-state index is -0.549. The van der Waals surface area contributed by atoms with Crippen LogP contribution in [0.25, 0.3) is 21.7 Å². The quantitative estimate of drug-likeness (QED) is 0.336. The van der Waals surface area contributed by atoms with Crippen molar-refractivity contribution in [2.24, 2.45) is 0 Å². The maximum Gasteiger partial charge on any atom is 0.407 e. The van der Waals surface area contributed by atoms with Crippen molar-refractivity contribution in [3.05, 3.63) is 83.0 Å². The lowest BCUT2D eigenvalue weighted by Gasteiger charge is -2.19. The molecule has 6 heteroatoms. The van der Waals surface area contributed by atoms with Gasteiger partial charge in [-0.05, 0) is 74.7 Å². The Kier molecular flexibility index (Phi) is 6.33. The van der Waals surface area contributed by atoms with Gasteiger partial charge in [-0.3, -0.25) is 4.79 Å². The number of carbonyl (C=O) groups excluding carboxylic acids is 2. The first-order valence-corrected chi connectivity index (χ1v) is 11.5. The molecule has 1 aromatic heterocycles. The number of aromatic nitrogens is 1. The molecule has 0 saturated heterocycles. The van der Waals surface area contributed by atoms with Crippen LogP contribution in [0.4, 0.5) is 4.79 Å². The smallest absolute Gasteiger partial charge is 0.407 e. The van der Waals surface area contributed by atoms with Gasteiger partial charge in [0.1, 0.15) is 5.60 Å². The van der Waals surface area contributed by atoms with E-state index in [2.05, 4.69) is 39.9 Å². The van der Waals surface area contributed by atoms with Gasteiger partial charge in [-0.2, -0.15) is 0 Å². The van der Waals surface area contributed by atoms with E-state index in [0.717, 1.165) is 38.5 Å². The van der Waals surface area contributed by atoms with Crippen LogP contribution in [0.1, 0.15) is 60.9 Å². The molecule has 4 rings (SSSR count). The van der Waals surface area contributed by atoms with Gasteiger partial charge in [0, 0.05) is 22.2 Å². The second-order valence-electron chi connectivity index (χ2n) is 9.67. The lowest BCUT2D eigenvalue weighted by Crippen LogP contribution is -2.32. The summed E-state index contributed by atoms with van der Waals surface area (Å²) >= 11 is 0. The number of fused-ring (bicyclic) bond motifs is 2. The fraction of sp³-hybridized carbons (Fsp3) is 0.286. The first-order valence-electron chi connectivity index (χ1n) is 11.5. The first kappa shape index (κ1) is 23.4. The van der Waals surface area contributed by atoms with Crippen molar-refractivity contribution in [1.82, 2.24) is 15.6 Å². The highest BCUT2D eigenvalue weighted by Gasteiger charge is 2.18. The van der Waals surface area contributed by atoms with Crippen LogP contribution >= 0.6 is 0 Å². The van der Waals surface area contributed by atoms with E-state index in [0.29, 0.717) is 12.1 Å². The summed E-state index contributed by atoms with van der Waals surface area (Å²) in [5, 5.41) is 9.18. The predicted octanol–water partition coefficient (Wildman–Crippen LogP) is 6.15. The summed E-state index contributed by atoms with van der Waals surface area (Å²) in [6.07, 6.45) is -0.468. The number of carbonyl (C=O) groups is 2. The SMILES string of the molecule is Cc1cc2cc(CNC(=O)OC(C)(C)C)[nH]c2cc1C(=O)N[C@H](C)c1cccc2ccccc12. The molecule has 3 N–H and O–H groups in total. The third kappa shape index (κ3) is 5.22. The maximum absolute atomic E-state index is 13.2. The number of hydrogen-bond acceptors (Lipinski definition) is 3. The molecule has 0 aliphatic heterocycles. The molecule has 0 bridgehead atoms. The summed E-state index contributed by atoms with van der Waals surface area (Å²) in [4.78, 5) is 28.4. The fourth-order valence-electron chi connectivity index (χ4n) is 4.16. The molecule has 0 aliphatic carbocycles. The van der Waals surface area contributed by atoms with E-state index in [-0.39, 0.29) is 11.9 Å². The van der Waals surface area contributed by atoms with E-state index in [1.54, 1.807) is 0 Å². The number of alkyl carbamates (subject to hydrolysis) is 1. The number of benzene rings is 3. The van der Waals surface area contributed by atoms with E-state index in [1.165, 1.54) is 0 Å². The zero-order valence-corrected chi connectivity index (χ0v) is 20.3. The Morgan fingerprint density at radius 2 is 1.74 bits per heavy atom. The van der Waals surface area contributed by atoms with E-state index < -0.39 is 11.7 Å². The van der Waals surface area contributed by atoms with Gasteiger partial charge in [-0.15, -0.1) is 0 Å². The molecule has 0 radical (unpaired) electrons. The van der Waals surface area contributed by atoms with Crippen molar-refractivity contribution in [2.75, 3.05) is 0 Å². The molecule has 0 spiro atoms. The van der Waals surface area contributed by atoms with Crippen molar-refractivity contribution < 1.29 is 14.3 Å². The summed E-state index contributed by atoms with van der Waals surface area (Å²) in [6.45, 7) is 9.72. The van der Waals surface area contributed by atoms with Gasteiger partial charge in [0.15, 0.2) is 0 Å². The molecule has 0 fully saturated rings. The number of nitrogens with one attached hydrogen (secondary N) is 3. The zero-order chi connectivity index (χ0) is 24.5. The summed E-state index contributed by atoms with van der Waals surface area (Å²) in [6, 6.07) is 20.0. The van der Waals surface area contributed by atoms with Crippen LogP contribution < -0.4 is 10.6 Å². The van der Waals surface area contributed by atoms with E-state index in [4.69, 9.17) is 4.74 Å². The number of H-pyrrole nitrogens is 1. The van der Waals surface area contributed by atoms with Gasteiger partial charge >= 0.3 is 6.09 Å². The van der Waals surface area contributed by atoms with Crippen LogP contribution in [0.5, 0.6) is 0 Å². The van der Waals surface area contributed by atoms with E-state index in [1.807, 2.05) is 71.0 Å². The highest BCUT2D eigenvalue weighted by Crippen LogP contribution is 2.26. The number of aromatic amines is 1. The first-order chi connectivity index (χ1) is 16.1. The second-order valence-corrected chi connectivity index (χ2v) is 9.67. The summed E-state index contributed by atoms with van der Waals surface area (Å²) in [5.41, 5.74) is 3.72. The molecular formula is C28H31N3O3. The highest BCUT2D eigenvalue weighted by atomic mass is 16.6. The van der Waals surface area contributed by atoms with Crippen LogP contribution in [0.3, 0.4) is 0 Å². The average Bonchev–Trinajstić information content (AvgIpc) is 3.17. The molecule has 6 nitrogen and oxygen atoms in total. The predicted molar refractivity (Wildman–Crippen MR) is 136 cm³/mol. The van der Waals surface area contributed by atoms with Gasteiger partial charge in [0.25, 0.3) is 5.91 Å². The van der Waals surface area contributed by atoms with Crippen LogP contribution in [-0.4, -0.2) is 22.6 Å². The third-order valence-electron chi connectivity index (χ3n) is 5.73. The van der Waals surface area contributed by atoms with Crippen LogP contribution in [0.2, 0.25) is 0 Å². The highest BCUT2D eigenvalue weighted by molar-refractivity contribution is 6.00. The van der Waals surface area contributed by atoms with Crippen molar-refractivity contribution in [3.8, 4) is 0 Å². The topological polar surface area (TPSA) is 83.2 Å². The number of ether oxygens (including phenoxy) is 1. The van der Waals surface area contributed by atoms with Crippen LogP contribution in [0, 0.1) is 6.92 Å². The Balaban J connectivity index is 1.50. The molecule has 1 atom stereocenters. The number of aryl methyl sites for hydroxylation is 1. The molecule has 3 aromatic carbocycles. The monoisotopic (exact) mass is 457 g/mol. The Labute approximate surface area is 199 Å². The molecular weight excluding hydrogens is 426 g/mol. The second kappa shape index (κ2) is 9.21. The number of rotatable bonds is 5. The summed E-state index contributed by atoms with van der Waals surface area (Å²) < 4.78 is 5.29. The van der Waals surface area contributed by atoms with Gasteiger partial charge in [0.05, 0.1) is 12.6 Å². The largest absolute Gasteiger partial charge is 0.444 e. The Hall–Kier alpha value is -3.80. The molecule has 2 amide bonds. The molecule has 34 heavy (non-hydrogen) atoms. The fourth-order valence-corrected chi connectivity index (χ4v) is 4.16. The molecule has 1 heterocycles. The minimum Gasteiger partial charge on any atom is -0.444 e. The van der Waals surface area contributed by atoms with Crippen molar-refractivity contribution in [2.45, 2.75) is 52.8 Å². The molecule has 0 saturated carbocycles. The average molecular weight is 458 g/mol. The Bertz CT molecular complexity index is 1360. The number of amides is 2. The van der Waals surface area contributed by atoms with Crippen molar-refractivity contribution >= 4 is 33.7 Å². The molecule has 0 unspecified atom stereocenters. The summed E-state index contributed by atoms with van der Waals surface area (Å²) in [7, 11) is 0. The van der Waals surface area contributed by atoms with Gasteiger partial charge in [-0.25, -0.2) is 4.79 Å². The lowest BCUT2D eigenvalue weighted by atomic mass is 9.99. The lowest BCUT2D eigenvalue weighted by molar-refractivity contribution is 0.0522. The van der Waals surface area contributed by atoms with Gasteiger partial charge < -0.3 is 20.4 Å². The maximum atomic E-state index is 13.2. The third-order valence-corrected chi connectivity index (χ3v) is 5.73. The van der Waals surface area contributed by atoms with Crippen LogP contribution in [0.15, 0.2) is 60.7 Å². The molecule has 0 aliphatic rings. The standard InChI is InChI=1S/C28H31N3O3/c1-17-13-20-14-21(16-29-27(33)34-28(3,4)5)31-25(20)15-24(17)26(32)30-18(2)22-12-8-10-19-9-6-7-11-23(19)22/h6-15,18,31H,16H2,1-5H3,(H,29,33)(H,30,32)/t18-/m1/s1. The normalized spacial score (nSPS) is 12.5. The summed E-state index contributed by atoms with van der Waals surface area (Å²) in [5.74, 6) is -0.122. The van der Waals surface area contributed by atoms with Gasteiger partial charge in [-0.1, -0.05) is 42.5 Å².